The van der Waals surface area contributed by atoms with E-state index in [2.05, 4.69) is 40.3 Å². The Morgan fingerprint density at radius 2 is 1.89 bits per heavy atom. The van der Waals surface area contributed by atoms with Crippen LogP contribution in [0, 0.1) is 5.92 Å². The molecule has 0 unspecified atom stereocenters. The number of likely N-dealkylation sites (tertiary alicyclic amines) is 1. The number of aromatic nitrogens is 3. The average molecular weight is 364 g/mol. The average Bonchev–Trinajstić information content (AvgIpc) is 3.11. The zero-order valence-corrected chi connectivity index (χ0v) is 15.5. The quantitative estimate of drug-likeness (QED) is 0.704. The summed E-state index contributed by atoms with van der Waals surface area (Å²) in [4.78, 5) is 15.0. The summed E-state index contributed by atoms with van der Waals surface area (Å²) >= 11 is 0. The van der Waals surface area contributed by atoms with Gasteiger partial charge in [0.1, 0.15) is 11.3 Å². The number of aryl methyl sites for hydroxylation is 1. The fourth-order valence-electron chi connectivity index (χ4n) is 3.82. The lowest BCUT2D eigenvalue weighted by Gasteiger charge is -2.31. The molecule has 1 saturated heterocycles. The van der Waals surface area contributed by atoms with E-state index in [9.17, 15) is 9.90 Å². The number of nitrogens with zero attached hydrogens (tertiary/aromatic N) is 4. The lowest BCUT2D eigenvalue weighted by molar-refractivity contribution is 0.0835. The first-order valence-corrected chi connectivity index (χ1v) is 9.52. The molecule has 1 N–H and O–H groups in total. The lowest BCUT2D eigenvalue weighted by Crippen LogP contribution is -2.35. The summed E-state index contributed by atoms with van der Waals surface area (Å²) in [6.45, 7) is 5.57. The third-order valence-electron chi connectivity index (χ3n) is 5.39. The fraction of sp³-hybridized carbons (Fsp3) is 0.381. The summed E-state index contributed by atoms with van der Waals surface area (Å²) < 4.78 is 1.90. The molecule has 0 radical (unpaired) electrons. The Hall–Kier alpha value is -2.73. The molecule has 0 saturated carbocycles. The van der Waals surface area contributed by atoms with Gasteiger partial charge in [-0.2, -0.15) is 0 Å². The van der Waals surface area contributed by atoms with Crippen molar-refractivity contribution in [3.63, 3.8) is 0 Å². The van der Waals surface area contributed by atoms with Crippen molar-refractivity contribution < 1.29 is 9.90 Å². The number of piperidine rings is 1. The minimum atomic E-state index is 0.0673. The Morgan fingerprint density at radius 3 is 2.59 bits per heavy atom. The minimum absolute atomic E-state index is 0.0673. The molecule has 1 aliphatic heterocycles. The molecule has 1 fully saturated rings. The zero-order chi connectivity index (χ0) is 18.8. The van der Waals surface area contributed by atoms with Crippen molar-refractivity contribution in [2.24, 2.45) is 5.92 Å². The number of phenols is 1. The van der Waals surface area contributed by atoms with E-state index in [4.69, 9.17) is 0 Å². The highest BCUT2D eigenvalue weighted by atomic mass is 16.3. The second kappa shape index (κ2) is 7.48. The molecule has 3 aromatic rings. The number of benzene rings is 2. The molecule has 0 atom stereocenters. The van der Waals surface area contributed by atoms with Crippen molar-refractivity contribution >= 4 is 16.8 Å². The van der Waals surface area contributed by atoms with Gasteiger partial charge < -0.3 is 5.11 Å². The molecule has 0 spiro atoms. The van der Waals surface area contributed by atoms with E-state index in [0.29, 0.717) is 5.56 Å². The number of ketones is 1. The molecule has 0 amide bonds. The summed E-state index contributed by atoms with van der Waals surface area (Å²) in [5.41, 5.74) is 3.93. The summed E-state index contributed by atoms with van der Waals surface area (Å²) in [5, 5.41) is 17.8. The van der Waals surface area contributed by atoms with Crippen molar-refractivity contribution in [3.05, 3.63) is 53.6 Å². The Kier molecular flexibility index (Phi) is 4.90. The van der Waals surface area contributed by atoms with Gasteiger partial charge in [-0.3, -0.25) is 9.69 Å². The van der Waals surface area contributed by atoms with Gasteiger partial charge in [0, 0.05) is 24.6 Å². The molecule has 2 heterocycles. The number of Topliss-reactive ketones (excluding diaryl/α,β-unsaturated/α-hetero) is 1. The standard InChI is InChI=1S/C21H24N4O2/c1-2-25-20-8-3-15(13-19(20)22-23-25)14-24-11-9-17(10-12-24)21(27)16-4-6-18(26)7-5-16/h3-8,13,17,26H,2,9-12,14H2,1H3. The number of rotatable bonds is 5. The zero-order valence-electron chi connectivity index (χ0n) is 15.5. The highest BCUT2D eigenvalue weighted by molar-refractivity contribution is 5.98. The van der Waals surface area contributed by atoms with Crippen LogP contribution in [0.1, 0.15) is 35.7 Å². The molecule has 4 rings (SSSR count). The van der Waals surface area contributed by atoms with Gasteiger partial charge >= 0.3 is 0 Å². The summed E-state index contributed by atoms with van der Waals surface area (Å²) in [6.07, 6.45) is 1.74. The molecule has 27 heavy (non-hydrogen) atoms. The number of carbonyl (C=O) groups is 1. The lowest BCUT2D eigenvalue weighted by atomic mass is 9.88. The smallest absolute Gasteiger partial charge is 0.166 e. The Morgan fingerprint density at radius 1 is 1.15 bits per heavy atom. The second-order valence-electron chi connectivity index (χ2n) is 7.19. The molecule has 1 aromatic heterocycles. The predicted octanol–water partition coefficient (Wildman–Crippen LogP) is 3.25. The van der Waals surface area contributed by atoms with Crippen molar-refractivity contribution in [1.29, 1.82) is 0 Å². The predicted molar refractivity (Wildman–Crippen MR) is 104 cm³/mol. The number of hydrogen-bond donors (Lipinski definition) is 1. The fourth-order valence-corrected chi connectivity index (χ4v) is 3.82. The maximum atomic E-state index is 12.6. The van der Waals surface area contributed by atoms with Crippen LogP contribution in [0.25, 0.3) is 11.0 Å². The van der Waals surface area contributed by atoms with E-state index in [1.807, 2.05) is 4.68 Å². The molecule has 0 bridgehead atoms. The highest BCUT2D eigenvalue weighted by Crippen LogP contribution is 2.24. The minimum Gasteiger partial charge on any atom is -0.508 e. The van der Waals surface area contributed by atoms with Crippen molar-refractivity contribution in [2.75, 3.05) is 13.1 Å². The van der Waals surface area contributed by atoms with Gasteiger partial charge in [0.15, 0.2) is 5.78 Å². The van der Waals surface area contributed by atoms with E-state index in [-0.39, 0.29) is 17.5 Å². The first kappa shape index (κ1) is 17.7. The summed E-state index contributed by atoms with van der Waals surface area (Å²) in [6, 6.07) is 12.9. The molecular weight excluding hydrogens is 340 g/mol. The highest BCUT2D eigenvalue weighted by Gasteiger charge is 2.25. The topological polar surface area (TPSA) is 71.2 Å². The number of phenolic OH excluding ortho intramolecular Hbond substituents is 1. The first-order valence-electron chi connectivity index (χ1n) is 9.52. The third kappa shape index (κ3) is 3.71. The van der Waals surface area contributed by atoms with Gasteiger partial charge in [-0.25, -0.2) is 4.68 Å². The Balaban J connectivity index is 1.36. The van der Waals surface area contributed by atoms with Crippen LogP contribution in [0.3, 0.4) is 0 Å². The number of fused-ring (bicyclic) bond motifs is 1. The van der Waals surface area contributed by atoms with Crippen LogP contribution in [0.15, 0.2) is 42.5 Å². The molecule has 6 heteroatoms. The van der Waals surface area contributed by atoms with Crippen LogP contribution >= 0.6 is 0 Å². The van der Waals surface area contributed by atoms with Crippen LogP contribution in [0.5, 0.6) is 5.75 Å². The van der Waals surface area contributed by atoms with Crippen molar-refractivity contribution in [2.45, 2.75) is 32.9 Å². The van der Waals surface area contributed by atoms with Crippen LogP contribution < -0.4 is 0 Å². The van der Waals surface area contributed by atoms with Crippen LogP contribution in [0.2, 0.25) is 0 Å². The van der Waals surface area contributed by atoms with Gasteiger partial charge in [-0.05, 0) is 74.8 Å². The van der Waals surface area contributed by atoms with Gasteiger partial charge in [0.2, 0.25) is 0 Å². The van der Waals surface area contributed by atoms with Crippen LogP contribution in [0.4, 0.5) is 0 Å². The third-order valence-corrected chi connectivity index (χ3v) is 5.39. The van der Waals surface area contributed by atoms with E-state index in [1.54, 1.807) is 24.3 Å². The van der Waals surface area contributed by atoms with Crippen LogP contribution in [-0.2, 0) is 13.1 Å². The van der Waals surface area contributed by atoms with Gasteiger partial charge in [-0.15, -0.1) is 5.10 Å². The van der Waals surface area contributed by atoms with Crippen LogP contribution in [-0.4, -0.2) is 43.9 Å². The normalized spacial score (nSPS) is 16.0. The summed E-state index contributed by atoms with van der Waals surface area (Å²) in [7, 11) is 0. The number of carbonyl (C=O) groups excluding carboxylic acids is 1. The van der Waals surface area contributed by atoms with Gasteiger partial charge in [0.05, 0.1) is 5.52 Å². The molecule has 2 aromatic carbocycles. The largest absolute Gasteiger partial charge is 0.508 e. The molecule has 1 aliphatic rings. The van der Waals surface area contributed by atoms with E-state index in [1.165, 1.54) is 5.56 Å². The van der Waals surface area contributed by atoms with Crippen molar-refractivity contribution in [3.8, 4) is 5.75 Å². The summed E-state index contributed by atoms with van der Waals surface area (Å²) in [5.74, 6) is 0.447. The number of hydrogen-bond acceptors (Lipinski definition) is 5. The monoisotopic (exact) mass is 364 g/mol. The maximum Gasteiger partial charge on any atom is 0.166 e. The van der Waals surface area contributed by atoms with E-state index >= 15 is 0 Å². The maximum absolute atomic E-state index is 12.6. The van der Waals surface area contributed by atoms with Gasteiger partial charge in [0.25, 0.3) is 0 Å². The van der Waals surface area contributed by atoms with Gasteiger partial charge in [-0.1, -0.05) is 11.3 Å². The first-order chi connectivity index (χ1) is 13.1. The van der Waals surface area contributed by atoms with E-state index in [0.717, 1.165) is 50.1 Å². The molecule has 0 aliphatic carbocycles. The van der Waals surface area contributed by atoms with Crippen molar-refractivity contribution in [1.82, 2.24) is 19.9 Å². The Labute approximate surface area is 158 Å². The van der Waals surface area contributed by atoms with E-state index < -0.39 is 0 Å². The molecule has 140 valence electrons. The number of aromatic hydroxyl groups is 1. The SMILES string of the molecule is CCn1nnc2cc(CN3CCC(C(=O)c4ccc(O)cc4)CC3)ccc21. The molecular formula is C21H24N4O2. The second-order valence-corrected chi connectivity index (χ2v) is 7.19. The Bertz CT molecular complexity index is 940. The molecule has 6 nitrogen and oxygen atoms in total.